The van der Waals surface area contributed by atoms with Gasteiger partial charge in [-0.25, -0.2) is 9.37 Å². The maximum Gasteiger partial charge on any atom is 0.145 e. The molecule has 1 aromatic heterocycles. The molecule has 16 heavy (non-hydrogen) atoms. The zero-order chi connectivity index (χ0) is 11.5. The van der Waals surface area contributed by atoms with Gasteiger partial charge in [0, 0.05) is 11.4 Å². The number of aromatic nitrogens is 1. The van der Waals surface area contributed by atoms with Gasteiger partial charge in [0.25, 0.3) is 0 Å². The summed E-state index contributed by atoms with van der Waals surface area (Å²) in [4.78, 5) is 4.24. The number of benzene rings is 1. The molecule has 2 rings (SSSR count). The fourth-order valence-corrected chi connectivity index (χ4v) is 1.86. The maximum atomic E-state index is 12.9. The summed E-state index contributed by atoms with van der Waals surface area (Å²) in [5.74, 6) is -0.00990. The molecule has 0 atom stereocenters. The van der Waals surface area contributed by atoms with Crippen molar-refractivity contribution in [1.82, 2.24) is 4.98 Å². The van der Waals surface area contributed by atoms with Crippen LogP contribution in [-0.4, -0.2) is 4.98 Å². The minimum absolute atomic E-state index is 0.304. The lowest BCUT2D eigenvalue weighted by Gasteiger charge is -2.07. The molecule has 3 nitrogen and oxygen atoms in total. The molecule has 0 radical (unpaired) electrons. The Labute approximate surface area is 96.7 Å². The fraction of sp³-hybridized carbons (Fsp3) is 0.182. The van der Waals surface area contributed by atoms with Crippen LogP contribution in [-0.2, 0) is 6.61 Å². The van der Waals surface area contributed by atoms with Gasteiger partial charge in [0.1, 0.15) is 18.2 Å². The lowest BCUT2D eigenvalue weighted by atomic mass is 10.3. The SMILES string of the molecule is Cc1nc(COc2cc(F)ccc2N)cs1. The van der Waals surface area contributed by atoms with Crippen molar-refractivity contribution >= 4 is 17.0 Å². The molecule has 2 N–H and O–H groups in total. The Balaban J connectivity index is 2.07. The Morgan fingerprint density at radius 3 is 3.00 bits per heavy atom. The molecule has 5 heteroatoms. The Morgan fingerprint density at radius 2 is 2.31 bits per heavy atom. The first-order valence-electron chi connectivity index (χ1n) is 4.74. The molecular weight excluding hydrogens is 227 g/mol. The second-order valence-electron chi connectivity index (χ2n) is 3.33. The molecule has 0 bridgehead atoms. The molecule has 84 valence electrons. The molecule has 0 amide bonds. The number of nitrogen functional groups attached to an aromatic ring is 1. The lowest BCUT2D eigenvalue weighted by molar-refractivity contribution is 0.302. The summed E-state index contributed by atoms with van der Waals surface area (Å²) in [7, 11) is 0. The number of hydrogen-bond acceptors (Lipinski definition) is 4. The van der Waals surface area contributed by atoms with Crippen LogP contribution in [0.2, 0.25) is 0 Å². The van der Waals surface area contributed by atoms with Gasteiger partial charge >= 0.3 is 0 Å². The zero-order valence-electron chi connectivity index (χ0n) is 8.74. The van der Waals surface area contributed by atoms with Gasteiger partial charge in [0.15, 0.2) is 0 Å². The Bertz CT molecular complexity index is 498. The van der Waals surface area contributed by atoms with Crippen LogP contribution in [0.15, 0.2) is 23.6 Å². The number of aryl methyl sites for hydroxylation is 1. The predicted octanol–water partition coefficient (Wildman–Crippen LogP) is 2.75. The van der Waals surface area contributed by atoms with E-state index in [1.54, 1.807) is 11.3 Å². The summed E-state index contributed by atoms with van der Waals surface area (Å²) >= 11 is 1.55. The number of halogens is 1. The highest BCUT2D eigenvalue weighted by atomic mass is 32.1. The second kappa shape index (κ2) is 4.49. The van der Waals surface area contributed by atoms with Gasteiger partial charge in [-0.3, -0.25) is 0 Å². The van der Waals surface area contributed by atoms with Crippen LogP contribution in [0.5, 0.6) is 5.75 Å². The molecule has 0 aliphatic heterocycles. The van der Waals surface area contributed by atoms with Gasteiger partial charge in [-0.15, -0.1) is 11.3 Å². The van der Waals surface area contributed by atoms with Crippen molar-refractivity contribution in [1.29, 1.82) is 0 Å². The van der Waals surface area contributed by atoms with E-state index < -0.39 is 0 Å². The molecule has 0 aliphatic carbocycles. The third kappa shape index (κ3) is 2.49. The minimum Gasteiger partial charge on any atom is -0.485 e. The topological polar surface area (TPSA) is 48.1 Å². The van der Waals surface area contributed by atoms with Crippen molar-refractivity contribution in [2.75, 3.05) is 5.73 Å². The van der Waals surface area contributed by atoms with Crippen LogP contribution in [0.1, 0.15) is 10.7 Å². The third-order valence-electron chi connectivity index (χ3n) is 2.02. The van der Waals surface area contributed by atoms with Crippen molar-refractivity contribution in [2.24, 2.45) is 0 Å². The van der Waals surface area contributed by atoms with E-state index in [1.807, 2.05) is 12.3 Å². The Hall–Kier alpha value is -1.62. The van der Waals surface area contributed by atoms with Crippen molar-refractivity contribution in [2.45, 2.75) is 13.5 Å². The summed E-state index contributed by atoms with van der Waals surface area (Å²) in [6.07, 6.45) is 0. The first kappa shape index (κ1) is 10.9. The van der Waals surface area contributed by atoms with Crippen LogP contribution < -0.4 is 10.5 Å². The van der Waals surface area contributed by atoms with Crippen LogP contribution in [0.4, 0.5) is 10.1 Å². The highest BCUT2D eigenvalue weighted by Crippen LogP contribution is 2.23. The second-order valence-corrected chi connectivity index (χ2v) is 4.39. The number of anilines is 1. The van der Waals surface area contributed by atoms with Crippen LogP contribution >= 0.6 is 11.3 Å². The van der Waals surface area contributed by atoms with Gasteiger partial charge in [-0.05, 0) is 19.1 Å². The van der Waals surface area contributed by atoms with Crippen molar-refractivity contribution in [3.05, 3.63) is 40.1 Å². The molecule has 0 aliphatic rings. The summed E-state index contributed by atoms with van der Waals surface area (Å²) < 4.78 is 18.3. The largest absolute Gasteiger partial charge is 0.485 e. The number of ether oxygens (including phenoxy) is 1. The van der Waals surface area contributed by atoms with Crippen molar-refractivity contribution in [3.63, 3.8) is 0 Å². The third-order valence-corrected chi connectivity index (χ3v) is 2.84. The number of rotatable bonds is 3. The molecule has 0 saturated heterocycles. The number of hydrogen-bond donors (Lipinski definition) is 1. The van der Waals surface area contributed by atoms with Crippen molar-refractivity contribution in [3.8, 4) is 5.75 Å². The number of nitrogens with zero attached hydrogens (tertiary/aromatic N) is 1. The van der Waals surface area contributed by atoms with Gasteiger partial charge in [-0.1, -0.05) is 0 Å². The number of nitrogens with two attached hydrogens (primary N) is 1. The normalized spacial score (nSPS) is 10.4. The molecule has 0 spiro atoms. The summed E-state index contributed by atoms with van der Waals surface area (Å²) in [5.41, 5.74) is 6.90. The molecule has 1 aromatic carbocycles. The molecular formula is C11H11FN2OS. The van der Waals surface area contributed by atoms with E-state index in [-0.39, 0.29) is 5.82 Å². The quantitative estimate of drug-likeness (QED) is 0.836. The van der Waals surface area contributed by atoms with Gasteiger partial charge in [0.2, 0.25) is 0 Å². The predicted molar refractivity (Wildman–Crippen MR) is 62.0 cm³/mol. The number of thiazole rings is 1. The highest BCUT2D eigenvalue weighted by Gasteiger charge is 2.04. The summed E-state index contributed by atoms with van der Waals surface area (Å²) in [6, 6.07) is 4.06. The standard InChI is InChI=1S/C11H11FN2OS/c1-7-14-9(6-16-7)5-15-11-4-8(12)2-3-10(11)13/h2-4,6H,5,13H2,1H3. The highest BCUT2D eigenvalue weighted by molar-refractivity contribution is 7.09. The van der Waals surface area contributed by atoms with Crippen molar-refractivity contribution < 1.29 is 9.13 Å². The molecule has 1 heterocycles. The molecule has 0 saturated carbocycles. The van der Waals surface area contributed by atoms with E-state index in [1.165, 1.54) is 18.2 Å². The van der Waals surface area contributed by atoms with Crippen LogP contribution in [0, 0.1) is 12.7 Å². The fourth-order valence-electron chi connectivity index (χ4n) is 1.26. The Morgan fingerprint density at radius 1 is 1.50 bits per heavy atom. The lowest BCUT2D eigenvalue weighted by Crippen LogP contribution is -1.99. The molecule has 0 fully saturated rings. The van der Waals surface area contributed by atoms with Crippen LogP contribution in [0.3, 0.4) is 0 Å². The van der Waals surface area contributed by atoms with E-state index in [9.17, 15) is 4.39 Å². The summed E-state index contributed by atoms with van der Waals surface area (Å²) in [5, 5.41) is 2.89. The van der Waals surface area contributed by atoms with Crippen LogP contribution in [0.25, 0.3) is 0 Å². The smallest absolute Gasteiger partial charge is 0.145 e. The van der Waals surface area contributed by atoms with E-state index in [0.717, 1.165) is 10.7 Å². The first-order chi connectivity index (χ1) is 7.65. The monoisotopic (exact) mass is 238 g/mol. The zero-order valence-corrected chi connectivity index (χ0v) is 9.55. The maximum absolute atomic E-state index is 12.9. The van der Waals surface area contributed by atoms with Gasteiger partial charge in [0.05, 0.1) is 16.4 Å². The minimum atomic E-state index is -0.362. The summed E-state index contributed by atoms with van der Waals surface area (Å²) in [6.45, 7) is 2.22. The van der Waals surface area contributed by atoms with E-state index >= 15 is 0 Å². The van der Waals surface area contributed by atoms with Gasteiger partial charge in [-0.2, -0.15) is 0 Å². The van der Waals surface area contributed by atoms with E-state index in [4.69, 9.17) is 10.5 Å². The Kier molecular flexibility index (Phi) is 3.05. The van der Waals surface area contributed by atoms with Gasteiger partial charge < -0.3 is 10.5 Å². The average molecular weight is 238 g/mol. The molecule has 2 aromatic rings. The average Bonchev–Trinajstić information content (AvgIpc) is 2.66. The van der Waals surface area contributed by atoms with E-state index in [2.05, 4.69) is 4.98 Å². The first-order valence-corrected chi connectivity index (χ1v) is 5.62. The van der Waals surface area contributed by atoms with E-state index in [0.29, 0.717) is 18.0 Å². The molecule has 0 unspecified atom stereocenters.